The number of likely N-dealkylation sites (N-methyl/N-ethyl adjacent to an activating group) is 1. The van der Waals surface area contributed by atoms with Crippen LogP contribution in [0.15, 0.2) is 0 Å². The minimum absolute atomic E-state index is 0.0760. The van der Waals surface area contributed by atoms with Crippen LogP contribution < -0.4 is 16.8 Å². The van der Waals surface area contributed by atoms with Gasteiger partial charge in [-0.2, -0.15) is 0 Å². The van der Waals surface area contributed by atoms with E-state index in [1.807, 2.05) is 13.8 Å². The number of carbonyl (C=O) groups excluding carboxylic acids is 2. The molecule has 0 spiro atoms. The standard InChI is InChI=1S/C10H22N4O2/c1-7(2)4-13-9(15)6-14(3)5-8(11)10(12)16/h7-8H,4-6,11H2,1-3H3,(H2,12,16)(H,13,15). The Bertz CT molecular complexity index is 243. The average molecular weight is 230 g/mol. The molecule has 0 fully saturated rings. The molecule has 1 unspecified atom stereocenters. The van der Waals surface area contributed by atoms with Crippen molar-refractivity contribution in [3.8, 4) is 0 Å². The number of hydrogen-bond donors (Lipinski definition) is 3. The van der Waals surface area contributed by atoms with Gasteiger partial charge in [0.1, 0.15) is 0 Å². The topological polar surface area (TPSA) is 101 Å². The first kappa shape index (κ1) is 14.9. The van der Waals surface area contributed by atoms with Gasteiger partial charge in [-0.15, -0.1) is 0 Å². The van der Waals surface area contributed by atoms with Gasteiger partial charge in [0.05, 0.1) is 12.6 Å². The van der Waals surface area contributed by atoms with E-state index in [9.17, 15) is 9.59 Å². The number of hydrogen-bond acceptors (Lipinski definition) is 4. The first-order valence-corrected chi connectivity index (χ1v) is 5.33. The highest BCUT2D eigenvalue weighted by Gasteiger charge is 2.14. The molecule has 0 aliphatic rings. The minimum Gasteiger partial charge on any atom is -0.368 e. The van der Waals surface area contributed by atoms with Gasteiger partial charge in [0.15, 0.2) is 0 Å². The lowest BCUT2D eigenvalue weighted by atomic mass is 10.2. The van der Waals surface area contributed by atoms with E-state index in [-0.39, 0.29) is 19.0 Å². The summed E-state index contributed by atoms with van der Waals surface area (Å²) in [5, 5.41) is 2.78. The van der Waals surface area contributed by atoms with Crippen LogP contribution in [0.3, 0.4) is 0 Å². The van der Waals surface area contributed by atoms with E-state index in [4.69, 9.17) is 11.5 Å². The fraction of sp³-hybridized carbons (Fsp3) is 0.800. The van der Waals surface area contributed by atoms with Crippen molar-refractivity contribution in [2.24, 2.45) is 17.4 Å². The molecule has 0 saturated heterocycles. The number of nitrogens with one attached hydrogen (secondary N) is 1. The molecule has 0 rings (SSSR count). The third-order valence-electron chi connectivity index (χ3n) is 1.99. The summed E-state index contributed by atoms with van der Waals surface area (Å²) in [6.45, 7) is 5.19. The van der Waals surface area contributed by atoms with Crippen LogP contribution in [0.5, 0.6) is 0 Å². The first-order chi connectivity index (χ1) is 7.32. The summed E-state index contributed by atoms with van der Waals surface area (Å²) >= 11 is 0. The number of carbonyl (C=O) groups is 2. The van der Waals surface area contributed by atoms with Crippen LogP contribution in [0.2, 0.25) is 0 Å². The normalized spacial score (nSPS) is 12.9. The van der Waals surface area contributed by atoms with Gasteiger partial charge < -0.3 is 16.8 Å². The monoisotopic (exact) mass is 230 g/mol. The third kappa shape index (κ3) is 7.19. The second-order valence-corrected chi connectivity index (χ2v) is 4.40. The lowest BCUT2D eigenvalue weighted by Crippen LogP contribution is -2.47. The van der Waals surface area contributed by atoms with Crippen molar-refractivity contribution in [2.75, 3.05) is 26.7 Å². The molecule has 6 heteroatoms. The maximum atomic E-state index is 11.4. The Morgan fingerprint density at radius 3 is 2.38 bits per heavy atom. The number of rotatable bonds is 7. The number of nitrogens with two attached hydrogens (primary N) is 2. The number of amides is 2. The van der Waals surface area contributed by atoms with Crippen LogP contribution in [-0.4, -0.2) is 49.4 Å². The maximum absolute atomic E-state index is 11.4. The lowest BCUT2D eigenvalue weighted by molar-refractivity contribution is -0.123. The Kier molecular flexibility index (Phi) is 6.67. The Balaban J connectivity index is 3.82. The molecular weight excluding hydrogens is 208 g/mol. The van der Waals surface area contributed by atoms with E-state index in [2.05, 4.69) is 5.32 Å². The summed E-state index contributed by atoms with van der Waals surface area (Å²) in [5.74, 6) is -0.218. The van der Waals surface area contributed by atoms with Crippen LogP contribution in [-0.2, 0) is 9.59 Å². The number of primary amides is 1. The van der Waals surface area contributed by atoms with Crippen LogP contribution in [0.1, 0.15) is 13.8 Å². The van der Waals surface area contributed by atoms with Crippen molar-refractivity contribution in [3.63, 3.8) is 0 Å². The summed E-state index contributed by atoms with van der Waals surface area (Å²) < 4.78 is 0. The average Bonchev–Trinajstić information content (AvgIpc) is 2.14. The Morgan fingerprint density at radius 1 is 1.38 bits per heavy atom. The molecule has 0 aliphatic carbocycles. The molecule has 0 aromatic heterocycles. The van der Waals surface area contributed by atoms with Crippen molar-refractivity contribution in [1.29, 1.82) is 0 Å². The molecule has 0 aromatic carbocycles. The van der Waals surface area contributed by atoms with Crippen molar-refractivity contribution in [3.05, 3.63) is 0 Å². The highest BCUT2D eigenvalue weighted by atomic mass is 16.2. The highest BCUT2D eigenvalue weighted by molar-refractivity contribution is 5.80. The highest BCUT2D eigenvalue weighted by Crippen LogP contribution is 1.89. The minimum atomic E-state index is -0.733. The van der Waals surface area contributed by atoms with Gasteiger partial charge in [-0.05, 0) is 13.0 Å². The van der Waals surface area contributed by atoms with Gasteiger partial charge in [0.2, 0.25) is 11.8 Å². The molecule has 2 amide bonds. The molecule has 6 nitrogen and oxygen atoms in total. The predicted octanol–water partition coefficient (Wildman–Crippen LogP) is -1.50. The molecule has 0 aromatic rings. The second kappa shape index (κ2) is 7.19. The molecular formula is C10H22N4O2. The fourth-order valence-corrected chi connectivity index (χ4v) is 1.11. The van der Waals surface area contributed by atoms with Crippen LogP contribution in [0, 0.1) is 5.92 Å². The van der Waals surface area contributed by atoms with E-state index in [1.165, 1.54) is 0 Å². The van der Waals surface area contributed by atoms with Crippen LogP contribution >= 0.6 is 0 Å². The van der Waals surface area contributed by atoms with Gasteiger partial charge in [-0.1, -0.05) is 13.8 Å². The van der Waals surface area contributed by atoms with E-state index >= 15 is 0 Å². The molecule has 94 valence electrons. The van der Waals surface area contributed by atoms with E-state index in [0.717, 1.165) is 0 Å². The zero-order valence-electron chi connectivity index (χ0n) is 10.2. The Morgan fingerprint density at radius 2 is 1.94 bits per heavy atom. The third-order valence-corrected chi connectivity index (χ3v) is 1.99. The summed E-state index contributed by atoms with van der Waals surface area (Å²) in [6.07, 6.45) is 0. The molecule has 0 bridgehead atoms. The Hall–Kier alpha value is -1.14. The molecule has 1 atom stereocenters. The summed E-state index contributed by atoms with van der Waals surface area (Å²) in [5.41, 5.74) is 10.5. The quantitative estimate of drug-likeness (QED) is 0.495. The van der Waals surface area contributed by atoms with E-state index in [0.29, 0.717) is 12.5 Å². The fourth-order valence-electron chi connectivity index (χ4n) is 1.11. The molecule has 5 N–H and O–H groups in total. The van der Waals surface area contributed by atoms with Crippen molar-refractivity contribution in [1.82, 2.24) is 10.2 Å². The lowest BCUT2D eigenvalue weighted by Gasteiger charge is -2.19. The smallest absolute Gasteiger partial charge is 0.235 e. The van der Waals surface area contributed by atoms with Gasteiger partial charge in [0, 0.05) is 13.1 Å². The van der Waals surface area contributed by atoms with Crippen molar-refractivity contribution >= 4 is 11.8 Å². The van der Waals surface area contributed by atoms with Crippen LogP contribution in [0.25, 0.3) is 0 Å². The van der Waals surface area contributed by atoms with Gasteiger partial charge in [-0.25, -0.2) is 0 Å². The molecule has 16 heavy (non-hydrogen) atoms. The molecule has 0 radical (unpaired) electrons. The summed E-state index contributed by atoms with van der Waals surface area (Å²) in [6, 6.07) is -0.733. The van der Waals surface area contributed by atoms with Crippen LogP contribution in [0.4, 0.5) is 0 Å². The predicted molar refractivity (Wildman–Crippen MR) is 62.5 cm³/mol. The van der Waals surface area contributed by atoms with Gasteiger partial charge >= 0.3 is 0 Å². The second-order valence-electron chi connectivity index (χ2n) is 4.40. The van der Waals surface area contributed by atoms with E-state index in [1.54, 1.807) is 11.9 Å². The molecule has 0 heterocycles. The van der Waals surface area contributed by atoms with Crippen molar-refractivity contribution in [2.45, 2.75) is 19.9 Å². The Labute approximate surface area is 96.3 Å². The van der Waals surface area contributed by atoms with Crippen molar-refractivity contribution < 1.29 is 9.59 Å². The summed E-state index contributed by atoms with van der Waals surface area (Å²) in [4.78, 5) is 23.8. The van der Waals surface area contributed by atoms with Gasteiger partial charge in [-0.3, -0.25) is 14.5 Å². The first-order valence-electron chi connectivity index (χ1n) is 5.33. The molecule has 0 aliphatic heterocycles. The van der Waals surface area contributed by atoms with E-state index < -0.39 is 11.9 Å². The summed E-state index contributed by atoms with van der Waals surface area (Å²) in [7, 11) is 1.72. The largest absolute Gasteiger partial charge is 0.368 e. The molecule has 0 saturated carbocycles. The SMILES string of the molecule is CC(C)CNC(=O)CN(C)CC(N)C(N)=O. The zero-order chi connectivity index (χ0) is 12.7. The maximum Gasteiger partial charge on any atom is 0.235 e. The zero-order valence-corrected chi connectivity index (χ0v) is 10.2. The number of nitrogens with zero attached hydrogens (tertiary/aromatic N) is 1. The van der Waals surface area contributed by atoms with Gasteiger partial charge in [0.25, 0.3) is 0 Å².